The van der Waals surface area contributed by atoms with Gasteiger partial charge in [0.15, 0.2) is 0 Å². The van der Waals surface area contributed by atoms with Gasteiger partial charge in [-0.05, 0) is 31.0 Å². The number of hydrogen-bond donors (Lipinski definition) is 2. The van der Waals surface area contributed by atoms with Gasteiger partial charge >= 0.3 is 0 Å². The zero-order valence-electron chi connectivity index (χ0n) is 10.5. The van der Waals surface area contributed by atoms with Crippen molar-refractivity contribution in [2.75, 3.05) is 18.1 Å². The monoisotopic (exact) mass is 245 g/mol. The second kappa shape index (κ2) is 4.98. The highest BCUT2D eigenvalue weighted by molar-refractivity contribution is 5.82. The number of hydrazine groups is 1. The standard InChI is InChI=1S/C14H19N3O/c18-14-8-10-17(16-14)13-7-2-1-5-11(13)12-6-3-4-9-15-12/h1-2,5,7,12,15H,3-4,6,8-10H2,(H,16,18). The van der Waals surface area contributed by atoms with Gasteiger partial charge in [0, 0.05) is 19.0 Å². The molecule has 3 rings (SSSR count). The Balaban J connectivity index is 1.87. The van der Waals surface area contributed by atoms with Gasteiger partial charge in [0.25, 0.3) is 0 Å². The second-order valence-electron chi connectivity index (χ2n) is 5.00. The zero-order valence-corrected chi connectivity index (χ0v) is 10.5. The zero-order chi connectivity index (χ0) is 12.4. The highest BCUT2D eigenvalue weighted by Crippen LogP contribution is 2.31. The molecule has 18 heavy (non-hydrogen) atoms. The van der Waals surface area contributed by atoms with Crippen LogP contribution in [0.1, 0.15) is 37.3 Å². The number of carbonyl (C=O) groups is 1. The Labute approximate surface area is 107 Å². The molecule has 0 aliphatic carbocycles. The first kappa shape index (κ1) is 11.5. The van der Waals surface area contributed by atoms with Crippen LogP contribution in [0.15, 0.2) is 24.3 Å². The van der Waals surface area contributed by atoms with Crippen molar-refractivity contribution in [2.24, 2.45) is 0 Å². The summed E-state index contributed by atoms with van der Waals surface area (Å²) in [6.45, 7) is 1.86. The van der Waals surface area contributed by atoms with Crippen LogP contribution in [-0.4, -0.2) is 19.0 Å². The number of amides is 1. The molecule has 0 saturated carbocycles. The van der Waals surface area contributed by atoms with Crippen LogP contribution in [0.2, 0.25) is 0 Å². The average molecular weight is 245 g/mol. The first-order chi connectivity index (χ1) is 8.84. The number of rotatable bonds is 2. The van der Waals surface area contributed by atoms with Crippen molar-refractivity contribution in [3.05, 3.63) is 29.8 Å². The Morgan fingerprint density at radius 1 is 1.22 bits per heavy atom. The molecule has 1 aromatic carbocycles. The largest absolute Gasteiger partial charge is 0.310 e. The molecule has 1 aromatic rings. The van der Waals surface area contributed by atoms with E-state index in [4.69, 9.17) is 0 Å². The van der Waals surface area contributed by atoms with E-state index < -0.39 is 0 Å². The molecular weight excluding hydrogens is 226 g/mol. The molecule has 1 unspecified atom stereocenters. The van der Waals surface area contributed by atoms with E-state index in [0.717, 1.165) is 18.8 Å². The lowest BCUT2D eigenvalue weighted by Gasteiger charge is -2.29. The molecule has 2 aliphatic heterocycles. The molecule has 1 amide bonds. The fourth-order valence-corrected chi connectivity index (χ4v) is 2.80. The SMILES string of the molecule is O=C1CCN(c2ccccc2C2CCCCN2)N1. The number of nitrogens with one attached hydrogen (secondary N) is 2. The predicted molar refractivity (Wildman–Crippen MR) is 71.1 cm³/mol. The van der Waals surface area contributed by atoms with Crippen molar-refractivity contribution in [2.45, 2.75) is 31.7 Å². The van der Waals surface area contributed by atoms with E-state index in [9.17, 15) is 4.79 Å². The lowest BCUT2D eigenvalue weighted by Crippen LogP contribution is -2.35. The maximum atomic E-state index is 11.3. The number of anilines is 1. The lowest BCUT2D eigenvalue weighted by molar-refractivity contribution is -0.119. The summed E-state index contributed by atoms with van der Waals surface area (Å²) in [6, 6.07) is 8.80. The molecular formula is C14H19N3O. The van der Waals surface area contributed by atoms with Crippen molar-refractivity contribution < 1.29 is 4.79 Å². The van der Waals surface area contributed by atoms with Gasteiger partial charge < -0.3 is 5.32 Å². The number of piperidine rings is 1. The van der Waals surface area contributed by atoms with Crippen molar-refractivity contribution in [3.63, 3.8) is 0 Å². The van der Waals surface area contributed by atoms with E-state index in [2.05, 4.69) is 28.9 Å². The molecule has 2 fully saturated rings. The van der Waals surface area contributed by atoms with Crippen LogP contribution in [0.3, 0.4) is 0 Å². The third-order valence-electron chi connectivity index (χ3n) is 3.74. The van der Waals surface area contributed by atoms with E-state index in [1.165, 1.54) is 24.8 Å². The lowest BCUT2D eigenvalue weighted by atomic mass is 9.96. The average Bonchev–Trinajstić information content (AvgIpc) is 2.86. The smallest absolute Gasteiger partial charge is 0.240 e. The first-order valence-electron chi connectivity index (χ1n) is 6.74. The number of para-hydroxylation sites is 1. The Morgan fingerprint density at radius 2 is 2.11 bits per heavy atom. The minimum Gasteiger partial charge on any atom is -0.310 e. The Hall–Kier alpha value is -1.55. The van der Waals surface area contributed by atoms with Crippen LogP contribution in [0.25, 0.3) is 0 Å². The van der Waals surface area contributed by atoms with Crippen LogP contribution in [-0.2, 0) is 4.79 Å². The Bertz CT molecular complexity index is 440. The molecule has 2 saturated heterocycles. The van der Waals surface area contributed by atoms with Gasteiger partial charge in [-0.1, -0.05) is 24.6 Å². The van der Waals surface area contributed by atoms with Crippen LogP contribution in [0.4, 0.5) is 5.69 Å². The van der Waals surface area contributed by atoms with Crippen molar-refractivity contribution in [1.29, 1.82) is 0 Å². The topological polar surface area (TPSA) is 44.4 Å². The molecule has 1 atom stereocenters. The minimum absolute atomic E-state index is 0.112. The summed E-state index contributed by atoms with van der Waals surface area (Å²) in [5.74, 6) is 0.112. The molecule has 0 radical (unpaired) electrons. The molecule has 2 aliphatic rings. The van der Waals surface area contributed by atoms with E-state index in [-0.39, 0.29) is 5.91 Å². The van der Waals surface area contributed by atoms with Gasteiger partial charge in [-0.3, -0.25) is 15.2 Å². The van der Waals surface area contributed by atoms with Gasteiger partial charge in [0.1, 0.15) is 0 Å². The highest BCUT2D eigenvalue weighted by Gasteiger charge is 2.24. The quantitative estimate of drug-likeness (QED) is 0.834. The molecule has 4 nitrogen and oxygen atoms in total. The summed E-state index contributed by atoms with van der Waals surface area (Å²) < 4.78 is 0. The number of carbonyl (C=O) groups excluding carboxylic acids is 1. The van der Waals surface area contributed by atoms with Crippen molar-refractivity contribution in [3.8, 4) is 0 Å². The number of benzene rings is 1. The summed E-state index contributed by atoms with van der Waals surface area (Å²) in [5.41, 5.74) is 5.36. The van der Waals surface area contributed by atoms with Crippen molar-refractivity contribution >= 4 is 11.6 Å². The summed E-state index contributed by atoms with van der Waals surface area (Å²) in [5, 5.41) is 5.55. The minimum atomic E-state index is 0.112. The van der Waals surface area contributed by atoms with Gasteiger partial charge in [-0.25, -0.2) is 0 Å². The normalized spacial score (nSPS) is 24.1. The number of nitrogens with zero attached hydrogens (tertiary/aromatic N) is 1. The van der Waals surface area contributed by atoms with Crippen molar-refractivity contribution in [1.82, 2.24) is 10.7 Å². The molecule has 0 aromatic heterocycles. The third-order valence-corrected chi connectivity index (χ3v) is 3.74. The summed E-state index contributed by atoms with van der Waals surface area (Å²) in [4.78, 5) is 11.3. The van der Waals surface area contributed by atoms with Gasteiger partial charge in [-0.2, -0.15) is 0 Å². The van der Waals surface area contributed by atoms with E-state index in [0.29, 0.717) is 12.5 Å². The fraction of sp³-hybridized carbons (Fsp3) is 0.500. The molecule has 0 bridgehead atoms. The van der Waals surface area contributed by atoms with Crippen LogP contribution >= 0.6 is 0 Å². The summed E-state index contributed by atoms with van der Waals surface area (Å²) >= 11 is 0. The summed E-state index contributed by atoms with van der Waals surface area (Å²) in [6.07, 6.45) is 4.31. The fourth-order valence-electron chi connectivity index (χ4n) is 2.80. The highest BCUT2D eigenvalue weighted by atomic mass is 16.2. The third kappa shape index (κ3) is 2.20. The summed E-state index contributed by atoms with van der Waals surface area (Å²) in [7, 11) is 0. The van der Waals surface area contributed by atoms with E-state index in [1.54, 1.807) is 0 Å². The maximum absolute atomic E-state index is 11.3. The molecule has 96 valence electrons. The van der Waals surface area contributed by atoms with Gasteiger partial charge in [-0.15, -0.1) is 0 Å². The molecule has 2 heterocycles. The second-order valence-corrected chi connectivity index (χ2v) is 5.00. The molecule has 2 N–H and O–H groups in total. The van der Waals surface area contributed by atoms with E-state index in [1.807, 2.05) is 11.1 Å². The van der Waals surface area contributed by atoms with Gasteiger partial charge in [0.05, 0.1) is 5.69 Å². The van der Waals surface area contributed by atoms with Crippen LogP contribution < -0.4 is 15.8 Å². The molecule has 0 spiro atoms. The van der Waals surface area contributed by atoms with Gasteiger partial charge in [0.2, 0.25) is 5.91 Å². The molecule has 4 heteroatoms. The number of hydrogen-bond acceptors (Lipinski definition) is 3. The Kier molecular flexibility index (Phi) is 3.19. The first-order valence-corrected chi connectivity index (χ1v) is 6.74. The Morgan fingerprint density at radius 3 is 2.83 bits per heavy atom. The predicted octanol–water partition coefficient (Wildman–Crippen LogP) is 1.74. The van der Waals surface area contributed by atoms with E-state index >= 15 is 0 Å². The van der Waals surface area contributed by atoms with Crippen LogP contribution in [0, 0.1) is 0 Å². The van der Waals surface area contributed by atoms with Crippen LogP contribution in [0.5, 0.6) is 0 Å². The maximum Gasteiger partial charge on any atom is 0.240 e.